The van der Waals surface area contributed by atoms with E-state index in [1.54, 1.807) is 23.1 Å². The predicted molar refractivity (Wildman–Crippen MR) is 76.7 cm³/mol. The van der Waals surface area contributed by atoms with Gasteiger partial charge in [-0.15, -0.1) is 0 Å². The van der Waals surface area contributed by atoms with Crippen LogP contribution in [0, 0.1) is 11.3 Å². The van der Waals surface area contributed by atoms with Crippen molar-refractivity contribution in [2.24, 2.45) is 0 Å². The maximum Gasteiger partial charge on any atom is 0.224 e. The van der Waals surface area contributed by atoms with Gasteiger partial charge in [0.25, 0.3) is 0 Å². The van der Waals surface area contributed by atoms with Gasteiger partial charge in [0.1, 0.15) is 6.07 Å². The first-order valence-corrected chi connectivity index (χ1v) is 6.87. The average molecular weight is 294 g/mol. The van der Waals surface area contributed by atoms with Crippen LogP contribution < -0.4 is 5.32 Å². The van der Waals surface area contributed by atoms with Crippen molar-refractivity contribution in [3.8, 4) is 6.07 Å². The summed E-state index contributed by atoms with van der Waals surface area (Å²) in [6.45, 7) is 2.99. The molecule has 2 rings (SSSR count). The first-order valence-electron chi connectivity index (χ1n) is 6.50. The Kier molecular flexibility index (Phi) is 5.22. The summed E-state index contributed by atoms with van der Waals surface area (Å²) >= 11 is 5.90. The molecule has 1 aromatic carbocycles. The molecule has 0 unspecified atom stereocenters. The number of anilines is 1. The average Bonchev–Trinajstić information content (AvgIpc) is 2.48. The summed E-state index contributed by atoms with van der Waals surface area (Å²) in [6, 6.07) is 7.12. The summed E-state index contributed by atoms with van der Waals surface area (Å²) in [5.74, 6) is 0.0985. The Labute approximate surface area is 123 Å². The molecule has 0 saturated carbocycles. The summed E-state index contributed by atoms with van der Waals surface area (Å²) in [5, 5.41) is 12.6. The molecule has 0 aliphatic carbocycles. The van der Waals surface area contributed by atoms with Gasteiger partial charge in [-0.3, -0.25) is 4.79 Å². The highest BCUT2D eigenvalue weighted by Gasteiger charge is 2.16. The van der Waals surface area contributed by atoms with Gasteiger partial charge in [0.05, 0.1) is 24.5 Å². The number of benzene rings is 1. The number of carbonyl (C=O) groups is 1. The normalized spacial score (nSPS) is 14.7. The van der Waals surface area contributed by atoms with Crippen LogP contribution in [-0.2, 0) is 9.53 Å². The number of hydrogen-bond acceptors (Lipinski definition) is 4. The van der Waals surface area contributed by atoms with E-state index in [1.165, 1.54) is 0 Å². The lowest BCUT2D eigenvalue weighted by Crippen LogP contribution is -2.41. The molecular weight excluding hydrogens is 278 g/mol. The van der Waals surface area contributed by atoms with Gasteiger partial charge in [0.2, 0.25) is 5.91 Å². The topological polar surface area (TPSA) is 65.4 Å². The van der Waals surface area contributed by atoms with Gasteiger partial charge in [-0.05, 0) is 18.2 Å². The molecule has 1 fully saturated rings. The van der Waals surface area contributed by atoms with Crippen molar-refractivity contribution >= 4 is 23.2 Å². The van der Waals surface area contributed by atoms with Gasteiger partial charge in [-0.25, -0.2) is 0 Å². The summed E-state index contributed by atoms with van der Waals surface area (Å²) in [4.78, 5) is 13.7. The second-order valence-corrected chi connectivity index (χ2v) is 4.91. The van der Waals surface area contributed by atoms with Crippen molar-refractivity contribution in [2.45, 2.75) is 6.42 Å². The molecule has 1 aliphatic heterocycles. The molecule has 1 N–H and O–H groups in total. The van der Waals surface area contributed by atoms with Crippen LogP contribution in [0.15, 0.2) is 18.2 Å². The number of nitriles is 1. The van der Waals surface area contributed by atoms with Crippen LogP contribution in [0.1, 0.15) is 12.0 Å². The molecule has 0 spiro atoms. The number of ether oxygens (including phenoxy) is 1. The molecule has 1 saturated heterocycles. The quantitative estimate of drug-likeness (QED) is 0.920. The second-order valence-electron chi connectivity index (χ2n) is 4.47. The number of nitrogens with zero attached hydrogens (tertiary/aromatic N) is 2. The van der Waals surface area contributed by atoms with E-state index in [4.69, 9.17) is 21.6 Å². The molecule has 1 amide bonds. The standard InChI is InChI=1S/C14H16ClN3O2/c15-12-2-1-11(10-16)13(9-12)17-4-3-14(19)18-5-7-20-8-6-18/h1-2,9,17H,3-8H2. The Morgan fingerprint density at radius 2 is 2.20 bits per heavy atom. The summed E-state index contributed by atoms with van der Waals surface area (Å²) in [5.41, 5.74) is 1.18. The molecule has 20 heavy (non-hydrogen) atoms. The van der Waals surface area contributed by atoms with Gasteiger partial charge >= 0.3 is 0 Å². The lowest BCUT2D eigenvalue weighted by atomic mass is 10.2. The van der Waals surface area contributed by atoms with Gasteiger partial charge in [0, 0.05) is 31.1 Å². The lowest BCUT2D eigenvalue weighted by molar-refractivity contribution is -0.134. The van der Waals surface area contributed by atoms with Crippen molar-refractivity contribution in [3.05, 3.63) is 28.8 Å². The Bertz CT molecular complexity index is 522. The SMILES string of the molecule is N#Cc1ccc(Cl)cc1NCCC(=O)N1CCOCC1. The zero-order valence-corrected chi connectivity index (χ0v) is 11.8. The Balaban J connectivity index is 1.85. The zero-order valence-electron chi connectivity index (χ0n) is 11.1. The fourth-order valence-electron chi connectivity index (χ4n) is 2.04. The Hall–Kier alpha value is -1.77. The van der Waals surface area contributed by atoms with Gasteiger partial charge < -0.3 is 15.0 Å². The van der Waals surface area contributed by atoms with E-state index in [2.05, 4.69) is 11.4 Å². The summed E-state index contributed by atoms with van der Waals surface area (Å²) < 4.78 is 5.21. The first kappa shape index (κ1) is 14.6. The number of rotatable bonds is 4. The van der Waals surface area contributed by atoms with E-state index in [-0.39, 0.29) is 5.91 Å². The van der Waals surface area contributed by atoms with Crippen LogP contribution in [0.5, 0.6) is 0 Å². The molecule has 5 nitrogen and oxygen atoms in total. The number of carbonyl (C=O) groups excluding carboxylic acids is 1. The third-order valence-corrected chi connectivity index (χ3v) is 3.36. The van der Waals surface area contributed by atoms with Crippen molar-refractivity contribution in [3.63, 3.8) is 0 Å². The summed E-state index contributed by atoms with van der Waals surface area (Å²) in [7, 11) is 0. The van der Waals surface area contributed by atoms with E-state index >= 15 is 0 Å². The maximum atomic E-state index is 11.9. The molecular formula is C14H16ClN3O2. The van der Waals surface area contributed by atoms with Crippen molar-refractivity contribution in [1.29, 1.82) is 5.26 Å². The fourth-order valence-corrected chi connectivity index (χ4v) is 2.21. The minimum atomic E-state index is 0.0985. The van der Waals surface area contributed by atoms with Crippen LogP contribution in [0.3, 0.4) is 0 Å². The predicted octanol–water partition coefficient (Wildman–Crippen LogP) is 1.87. The summed E-state index contributed by atoms with van der Waals surface area (Å²) in [6.07, 6.45) is 0.386. The highest BCUT2D eigenvalue weighted by Crippen LogP contribution is 2.20. The molecule has 1 aliphatic rings. The van der Waals surface area contributed by atoms with Crippen LogP contribution >= 0.6 is 11.6 Å². The third-order valence-electron chi connectivity index (χ3n) is 3.12. The molecule has 6 heteroatoms. The zero-order chi connectivity index (χ0) is 14.4. The van der Waals surface area contributed by atoms with E-state index in [1.807, 2.05) is 0 Å². The fraction of sp³-hybridized carbons (Fsp3) is 0.429. The molecule has 0 bridgehead atoms. The van der Waals surface area contributed by atoms with E-state index in [0.29, 0.717) is 55.5 Å². The van der Waals surface area contributed by atoms with Crippen LogP contribution in [0.2, 0.25) is 5.02 Å². The van der Waals surface area contributed by atoms with Crippen molar-refractivity contribution in [2.75, 3.05) is 38.2 Å². The second kappa shape index (κ2) is 7.13. The van der Waals surface area contributed by atoms with E-state index in [0.717, 1.165) is 0 Å². The molecule has 0 aromatic heterocycles. The molecule has 106 valence electrons. The number of morpholine rings is 1. The number of nitrogens with one attached hydrogen (secondary N) is 1. The lowest BCUT2D eigenvalue weighted by Gasteiger charge is -2.27. The van der Waals surface area contributed by atoms with Crippen molar-refractivity contribution < 1.29 is 9.53 Å². The number of hydrogen-bond donors (Lipinski definition) is 1. The minimum absolute atomic E-state index is 0.0985. The maximum absolute atomic E-state index is 11.9. The largest absolute Gasteiger partial charge is 0.383 e. The molecule has 1 heterocycles. The monoisotopic (exact) mass is 293 g/mol. The van der Waals surface area contributed by atoms with Gasteiger partial charge in [-0.1, -0.05) is 11.6 Å². The van der Waals surface area contributed by atoms with Crippen LogP contribution in [0.25, 0.3) is 0 Å². The smallest absolute Gasteiger partial charge is 0.224 e. The van der Waals surface area contributed by atoms with E-state index < -0.39 is 0 Å². The number of amides is 1. The molecule has 0 atom stereocenters. The third kappa shape index (κ3) is 3.86. The van der Waals surface area contributed by atoms with Gasteiger partial charge in [0.15, 0.2) is 0 Å². The minimum Gasteiger partial charge on any atom is -0.383 e. The van der Waals surface area contributed by atoms with Crippen molar-refractivity contribution in [1.82, 2.24) is 4.90 Å². The Morgan fingerprint density at radius 3 is 2.90 bits per heavy atom. The number of halogens is 1. The first-order chi connectivity index (χ1) is 9.70. The van der Waals surface area contributed by atoms with Crippen LogP contribution in [0.4, 0.5) is 5.69 Å². The van der Waals surface area contributed by atoms with E-state index in [9.17, 15) is 4.79 Å². The van der Waals surface area contributed by atoms with Crippen LogP contribution in [-0.4, -0.2) is 43.7 Å². The highest BCUT2D eigenvalue weighted by atomic mass is 35.5. The molecule has 1 aromatic rings. The highest BCUT2D eigenvalue weighted by molar-refractivity contribution is 6.30. The van der Waals surface area contributed by atoms with Gasteiger partial charge in [-0.2, -0.15) is 5.26 Å². The molecule has 0 radical (unpaired) electrons. The Morgan fingerprint density at radius 1 is 1.45 bits per heavy atom.